The molecule has 0 radical (unpaired) electrons. The zero-order chi connectivity index (χ0) is 12.7. The fourth-order valence-electron chi connectivity index (χ4n) is 1.15. The number of nitrogens with zero attached hydrogens (tertiary/aromatic N) is 1. The zero-order valence-electron chi connectivity index (χ0n) is 9.20. The Hall–Kier alpha value is -2.30. The number of carboxylic acids is 1. The van der Waals surface area contributed by atoms with E-state index in [1.54, 1.807) is 0 Å². The van der Waals surface area contributed by atoms with E-state index in [4.69, 9.17) is 9.84 Å². The summed E-state index contributed by atoms with van der Waals surface area (Å²) < 4.78 is 4.93. The highest BCUT2D eigenvalue weighted by molar-refractivity contribution is 5.77. The van der Waals surface area contributed by atoms with Crippen molar-refractivity contribution in [2.24, 2.45) is 0 Å². The third-order valence-electron chi connectivity index (χ3n) is 1.97. The quantitative estimate of drug-likeness (QED) is 0.845. The van der Waals surface area contributed by atoms with Crippen LogP contribution in [0.3, 0.4) is 0 Å². The van der Waals surface area contributed by atoms with Gasteiger partial charge in [0.15, 0.2) is 0 Å². The number of aliphatic carboxylic acids is 1. The molecule has 0 aliphatic rings. The third-order valence-corrected chi connectivity index (χ3v) is 1.97. The van der Waals surface area contributed by atoms with Gasteiger partial charge in [-0.25, -0.2) is 4.79 Å². The molecular formula is C12H13NO4. The molecule has 0 saturated heterocycles. The summed E-state index contributed by atoms with van der Waals surface area (Å²) in [5.41, 5.74) is 0.834. The number of ether oxygens (including phenoxy) is 1. The van der Waals surface area contributed by atoms with Crippen LogP contribution in [-0.4, -0.2) is 28.6 Å². The highest BCUT2D eigenvalue weighted by atomic mass is 16.6. The molecule has 5 heteroatoms. The van der Waals surface area contributed by atoms with E-state index in [2.05, 4.69) is 6.58 Å². The van der Waals surface area contributed by atoms with Crippen LogP contribution in [0.2, 0.25) is 0 Å². The van der Waals surface area contributed by atoms with E-state index in [0.717, 1.165) is 16.7 Å². The lowest BCUT2D eigenvalue weighted by atomic mass is 10.2. The Morgan fingerprint density at radius 1 is 1.35 bits per heavy atom. The van der Waals surface area contributed by atoms with Gasteiger partial charge in [0.2, 0.25) is 0 Å². The van der Waals surface area contributed by atoms with Crippen LogP contribution in [0.15, 0.2) is 43.1 Å². The normalized spacial score (nSPS) is 9.41. The van der Waals surface area contributed by atoms with Crippen molar-refractivity contribution in [3.8, 4) is 0 Å². The first-order valence-electron chi connectivity index (χ1n) is 4.95. The number of carbonyl (C=O) groups excluding carboxylic acids is 1. The van der Waals surface area contributed by atoms with Crippen LogP contribution in [-0.2, 0) is 16.1 Å². The molecule has 5 nitrogen and oxygen atoms in total. The Morgan fingerprint density at radius 2 is 2.00 bits per heavy atom. The van der Waals surface area contributed by atoms with Crippen LogP contribution in [0.4, 0.5) is 4.79 Å². The van der Waals surface area contributed by atoms with Crippen LogP contribution >= 0.6 is 0 Å². The van der Waals surface area contributed by atoms with Gasteiger partial charge in [-0.2, -0.15) is 0 Å². The van der Waals surface area contributed by atoms with Gasteiger partial charge in [-0.3, -0.25) is 9.69 Å². The molecule has 1 N–H and O–H groups in total. The Balaban J connectivity index is 2.48. The van der Waals surface area contributed by atoms with Crippen molar-refractivity contribution in [2.45, 2.75) is 6.61 Å². The molecule has 17 heavy (non-hydrogen) atoms. The van der Waals surface area contributed by atoms with Gasteiger partial charge >= 0.3 is 12.1 Å². The number of carbonyl (C=O) groups is 2. The molecule has 1 rings (SSSR count). The number of rotatable bonds is 5. The summed E-state index contributed by atoms with van der Waals surface area (Å²) >= 11 is 0. The van der Waals surface area contributed by atoms with E-state index in [9.17, 15) is 9.59 Å². The Morgan fingerprint density at radius 3 is 2.53 bits per heavy atom. The van der Waals surface area contributed by atoms with Gasteiger partial charge in [0.1, 0.15) is 13.2 Å². The predicted octanol–water partition coefficient (Wildman–Crippen LogP) is 1.85. The van der Waals surface area contributed by atoms with Crippen molar-refractivity contribution in [3.63, 3.8) is 0 Å². The summed E-state index contributed by atoms with van der Waals surface area (Å²) in [4.78, 5) is 22.8. The first kappa shape index (κ1) is 12.8. The van der Waals surface area contributed by atoms with Gasteiger partial charge in [-0.1, -0.05) is 36.9 Å². The standard InChI is InChI=1S/C12H13NO4/c1-2-13(8-11(14)15)12(16)17-9-10-6-4-3-5-7-10/h2-7H,1,8-9H2,(H,14,15). The van der Waals surface area contributed by atoms with Crippen molar-refractivity contribution in [2.75, 3.05) is 6.54 Å². The molecule has 1 amide bonds. The van der Waals surface area contributed by atoms with Gasteiger partial charge in [0.25, 0.3) is 0 Å². The molecule has 1 aromatic rings. The molecule has 0 unspecified atom stereocenters. The zero-order valence-corrected chi connectivity index (χ0v) is 9.20. The molecule has 1 aromatic carbocycles. The molecule has 0 bridgehead atoms. The highest BCUT2D eigenvalue weighted by Crippen LogP contribution is 2.03. The van der Waals surface area contributed by atoms with Gasteiger partial charge in [-0.05, 0) is 5.56 Å². The second kappa shape index (κ2) is 6.32. The summed E-state index contributed by atoms with van der Waals surface area (Å²) in [7, 11) is 0. The van der Waals surface area contributed by atoms with Crippen LogP contribution in [0.25, 0.3) is 0 Å². The van der Waals surface area contributed by atoms with Crippen LogP contribution < -0.4 is 0 Å². The Bertz CT molecular complexity index is 402. The summed E-state index contributed by atoms with van der Waals surface area (Å²) in [6.07, 6.45) is 0.396. The van der Waals surface area contributed by atoms with Crippen molar-refractivity contribution in [1.29, 1.82) is 0 Å². The smallest absolute Gasteiger partial charge is 0.414 e. The number of hydrogen-bond acceptors (Lipinski definition) is 3. The Labute approximate surface area is 98.9 Å². The fraction of sp³-hybridized carbons (Fsp3) is 0.167. The average Bonchev–Trinajstić information content (AvgIpc) is 2.34. The number of carboxylic acid groups (broad SMARTS) is 1. The second-order valence-electron chi connectivity index (χ2n) is 3.24. The maximum absolute atomic E-state index is 11.5. The van der Waals surface area contributed by atoms with Gasteiger partial charge < -0.3 is 9.84 Å². The van der Waals surface area contributed by atoms with Crippen molar-refractivity contribution >= 4 is 12.1 Å². The van der Waals surface area contributed by atoms with Crippen LogP contribution in [0.5, 0.6) is 0 Å². The summed E-state index contributed by atoms with van der Waals surface area (Å²) in [6.45, 7) is 2.99. The maximum Gasteiger partial charge on any atom is 0.414 e. The molecule has 90 valence electrons. The van der Waals surface area contributed by atoms with Crippen molar-refractivity contribution in [1.82, 2.24) is 4.90 Å². The van der Waals surface area contributed by atoms with E-state index in [1.807, 2.05) is 30.3 Å². The third kappa shape index (κ3) is 4.38. The summed E-state index contributed by atoms with van der Waals surface area (Å²) in [6, 6.07) is 9.12. The van der Waals surface area contributed by atoms with E-state index < -0.39 is 18.6 Å². The lowest BCUT2D eigenvalue weighted by Gasteiger charge is -2.15. The van der Waals surface area contributed by atoms with E-state index in [1.165, 1.54) is 0 Å². The van der Waals surface area contributed by atoms with E-state index in [0.29, 0.717) is 0 Å². The minimum Gasteiger partial charge on any atom is -0.480 e. The molecule has 0 aliphatic carbocycles. The van der Waals surface area contributed by atoms with Crippen molar-refractivity contribution in [3.05, 3.63) is 48.7 Å². The van der Waals surface area contributed by atoms with Crippen LogP contribution in [0.1, 0.15) is 5.56 Å². The van der Waals surface area contributed by atoms with Gasteiger partial charge in [0, 0.05) is 6.20 Å². The molecule has 0 spiro atoms. The molecule has 0 aromatic heterocycles. The molecule has 0 heterocycles. The summed E-state index contributed by atoms with van der Waals surface area (Å²) in [5.74, 6) is -1.12. The highest BCUT2D eigenvalue weighted by Gasteiger charge is 2.14. The SMILES string of the molecule is C=CN(CC(=O)O)C(=O)OCc1ccccc1. The first-order valence-corrected chi connectivity index (χ1v) is 4.95. The van der Waals surface area contributed by atoms with Crippen molar-refractivity contribution < 1.29 is 19.4 Å². The maximum atomic E-state index is 11.5. The molecular weight excluding hydrogens is 222 g/mol. The van der Waals surface area contributed by atoms with Gasteiger partial charge in [0.05, 0.1) is 0 Å². The lowest BCUT2D eigenvalue weighted by Crippen LogP contribution is -2.31. The molecule has 0 saturated carbocycles. The predicted molar refractivity (Wildman–Crippen MR) is 61.2 cm³/mol. The monoisotopic (exact) mass is 235 g/mol. The molecule has 0 atom stereocenters. The van der Waals surface area contributed by atoms with Gasteiger partial charge in [-0.15, -0.1) is 0 Å². The second-order valence-corrected chi connectivity index (χ2v) is 3.24. The number of hydrogen-bond donors (Lipinski definition) is 1. The first-order chi connectivity index (χ1) is 8.13. The lowest BCUT2D eigenvalue weighted by molar-refractivity contribution is -0.137. The number of amides is 1. The van der Waals surface area contributed by atoms with E-state index in [-0.39, 0.29) is 6.61 Å². The minimum absolute atomic E-state index is 0.101. The number of benzene rings is 1. The summed E-state index contributed by atoms with van der Waals surface area (Å²) in [5, 5.41) is 8.55. The topological polar surface area (TPSA) is 66.8 Å². The fourth-order valence-corrected chi connectivity index (χ4v) is 1.15. The van der Waals surface area contributed by atoms with Crippen LogP contribution in [0, 0.1) is 0 Å². The average molecular weight is 235 g/mol. The van der Waals surface area contributed by atoms with E-state index >= 15 is 0 Å². The molecule has 0 aliphatic heterocycles. The Kier molecular flexibility index (Phi) is 4.75. The largest absolute Gasteiger partial charge is 0.480 e. The molecule has 0 fully saturated rings. The minimum atomic E-state index is -1.12.